The van der Waals surface area contributed by atoms with Crippen molar-refractivity contribution in [3.63, 3.8) is 0 Å². The Morgan fingerprint density at radius 3 is 2.83 bits per heavy atom. The summed E-state index contributed by atoms with van der Waals surface area (Å²) in [6, 6.07) is 5.23. The summed E-state index contributed by atoms with van der Waals surface area (Å²) in [6.07, 6.45) is 8.01. The van der Waals surface area contributed by atoms with Crippen LogP contribution in [-0.4, -0.2) is 66.6 Å². The number of carbonyl (C=O) groups is 1. The molecule has 1 aliphatic heterocycles. The molecule has 0 aromatic carbocycles. The van der Waals surface area contributed by atoms with E-state index in [1.165, 1.54) is 12.5 Å². The van der Waals surface area contributed by atoms with Gasteiger partial charge in [0.15, 0.2) is 5.82 Å². The van der Waals surface area contributed by atoms with Gasteiger partial charge in [0.1, 0.15) is 12.0 Å². The largest absolute Gasteiger partial charge is 0.472 e. The minimum atomic E-state index is -0.322. The highest BCUT2D eigenvalue weighted by Crippen LogP contribution is 2.26. The molecule has 0 atom stereocenters. The fourth-order valence-electron chi connectivity index (χ4n) is 3.18. The molecular formula is C19H20BN6O3. The van der Waals surface area contributed by atoms with Crippen molar-refractivity contribution in [2.75, 3.05) is 43.5 Å². The van der Waals surface area contributed by atoms with Gasteiger partial charge in [-0.25, -0.2) is 9.97 Å². The van der Waals surface area contributed by atoms with E-state index in [1.807, 2.05) is 6.07 Å². The molecule has 1 saturated heterocycles. The van der Waals surface area contributed by atoms with E-state index in [9.17, 15) is 4.79 Å². The van der Waals surface area contributed by atoms with Crippen molar-refractivity contribution in [2.45, 2.75) is 0 Å². The predicted octanol–water partition coefficient (Wildman–Crippen LogP) is 1.69. The lowest BCUT2D eigenvalue weighted by atomic mass is 10.1. The fourth-order valence-corrected chi connectivity index (χ4v) is 3.18. The molecule has 1 amide bonds. The van der Waals surface area contributed by atoms with Gasteiger partial charge >= 0.3 is 7.62 Å². The van der Waals surface area contributed by atoms with Gasteiger partial charge in [0.25, 0.3) is 5.91 Å². The highest BCUT2D eigenvalue weighted by molar-refractivity contribution is 6.23. The van der Waals surface area contributed by atoms with Crippen molar-refractivity contribution in [2.24, 2.45) is 0 Å². The summed E-state index contributed by atoms with van der Waals surface area (Å²) in [7, 11) is 3.38. The van der Waals surface area contributed by atoms with E-state index in [-0.39, 0.29) is 11.6 Å². The SMILES string of the molecule is CO[B]N1CCN(c2ccncc2NC(=O)c2ccnc(-c3ccoc3)n2)CC1. The Morgan fingerprint density at radius 1 is 1.21 bits per heavy atom. The summed E-state index contributed by atoms with van der Waals surface area (Å²) >= 11 is 0. The number of carbonyl (C=O) groups excluding carboxylic acids is 1. The van der Waals surface area contributed by atoms with Crippen LogP contribution in [0.25, 0.3) is 11.4 Å². The first kappa shape index (κ1) is 19.1. The van der Waals surface area contributed by atoms with Gasteiger partial charge in [-0.05, 0) is 18.2 Å². The Bertz CT molecular complexity index is 960. The molecule has 3 aromatic heterocycles. The number of piperazine rings is 1. The quantitative estimate of drug-likeness (QED) is 0.635. The molecule has 0 unspecified atom stereocenters. The van der Waals surface area contributed by atoms with E-state index in [1.54, 1.807) is 45.5 Å². The Labute approximate surface area is 169 Å². The van der Waals surface area contributed by atoms with Crippen LogP contribution >= 0.6 is 0 Å². The van der Waals surface area contributed by atoms with Gasteiger partial charge < -0.3 is 24.1 Å². The molecule has 4 rings (SSSR count). The van der Waals surface area contributed by atoms with Crippen LogP contribution in [0.15, 0.2) is 53.7 Å². The van der Waals surface area contributed by atoms with Gasteiger partial charge in [-0.1, -0.05) is 0 Å². The van der Waals surface area contributed by atoms with E-state index in [2.05, 4.69) is 30.0 Å². The molecule has 1 N–H and O–H groups in total. The first-order valence-electron chi connectivity index (χ1n) is 9.20. The third-order valence-corrected chi connectivity index (χ3v) is 4.62. The summed E-state index contributed by atoms with van der Waals surface area (Å²) in [5.74, 6) is 0.112. The second kappa shape index (κ2) is 8.85. The third-order valence-electron chi connectivity index (χ3n) is 4.62. The summed E-state index contributed by atoms with van der Waals surface area (Å²) in [5.41, 5.74) is 2.55. The average Bonchev–Trinajstić information content (AvgIpc) is 3.30. The van der Waals surface area contributed by atoms with Crippen LogP contribution in [0.4, 0.5) is 11.4 Å². The number of hydrogen-bond donors (Lipinski definition) is 1. The summed E-state index contributed by atoms with van der Waals surface area (Å²) in [6.45, 7) is 3.29. The van der Waals surface area contributed by atoms with E-state index in [0.29, 0.717) is 17.1 Å². The Balaban J connectivity index is 1.49. The number of nitrogens with one attached hydrogen (secondary N) is 1. The summed E-state index contributed by atoms with van der Waals surface area (Å²) in [5, 5.41) is 2.93. The number of pyridine rings is 1. The van der Waals surface area contributed by atoms with Gasteiger partial charge in [-0.3, -0.25) is 9.78 Å². The first-order chi connectivity index (χ1) is 14.2. The topological polar surface area (TPSA) is 96.6 Å². The second-order valence-electron chi connectivity index (χ2n) is 6.49. The number of furan rings is 1. The highest BCUT2D eigenvalue weighted by atomic mass is 16.4. The van der Waals surface area contributed by atoms with E-state index >= 15 is 0 Å². The smallest absolute Gasteiger partial charge is 0.398 e. The molecule has 0 saturated carbocycles. The molecule has 1 fully saturated rings. The first-order valence-corrected chi connectivity index (χ1v) is 9.20. The maximum Gasteiger partial charge on any atom is 0.398 e. The molecule has 9 nitrogen and oxygen atoms in total. The van der Waals surface area contributed by atoms with E-state index < -0.39 is 0 Å². The zero-order chi connectivity index (χ0) is 20.1. The molecular weight excluding hydrogens is 371 g/mol. The molecule has 0 spiro atoms. The number of aromatic nitrogens is 3. The highest BCUT2D eigenvalue weighted by Gasteiger charge is 2.21. The van der Waals surface area contributed by atoms with Crippen LogP contribution in [0, 0.1) is 0 Å². The molecule has 1 radical (unpaired) electrons. The normalized spacial score (nSPS) is 14.6. The monoisotopic (exact) mass is 391 g/mol. The molecule has 0 aliphatic carbocycles. The van der Waals surface area contributed by atoms with Gasteiger partial charge in [-0.2, -0.15) is 0 Å². The van der Waals surface area contributed by atoms with Crippen molar-refractivity contribution in [3.8, 4) is 11.4 Å². The number of nitrogens with zero attached hydrogens (tertiary/aromatic N) is 5. The van der Waals surface area contributed by atoms with Crippen molar-refractivity contribution < 1.29 is 13.9 Å². The average molecular weight is 391 g/mol. The molecule has 10 heteroatoms. The molecule has 29 heavy (non-hydrogen) atoms. The Morgan fingerprint density at radius 2 is 2.07 bits per heavy atom. The zero-order valence-corrected chi connectivity index (χ0v) is 16.0. The standard InChI is InChI=1S/C19H20BN6O3/c1-28-20-26-9-7-25(8-10-26)17-3-5-21-12-16(17)24-19(27)15-2-6-22-18(23-15)14-4-11-29-13-14/h2-6,11-13H,7-10H2,1H3,(H,24,27). The van der Waals surface area contributed by atoms with Crippen molar-refractivity contribution in [1.29, 1.82) is 0 Å². The third kappa shape index (κ3) is 4.44. The lowest BCUT2D eigenvalue weighted by Gasteiger charge is -2.36. The van der Waals surface area contributed by atoms with Gasteiger partial charge in [-0.15, -0.1) is 0 Å². The Kier molecular flexibility index (Phi) is 5.82. The van der Waals surface area contributed by atoms with E-state index in [0.717, 1.165) is 31.9 Å². The fraction of sp³-hybridized carbons (Fsp3) is 0.263. The maximum atomic E-state index is 12.8. The zero-order valence-electron chi connectivity index (χ0n) is 16.0. The van der Waals surface area contributed by atoms with Crippen molar-refractivity contribution >= 4 is 24.9 Å². The molecule has 4 heterocycles. The minimum Gasteiger partial charge on any atom is -0.472 e. The molecule has 3 aromatic rings. The number of amides is 1. The number of anilines is 2. The van der Waals surface area contributed by atoms with Crippen LogP contribution < -0.4 is 10.2 Å². The van der Waals surface area contributed by atoms with Crippen LogP contribution in [0.3, 0.4) is 0 Å². The number of hydrogen-bond acceptors (Lipinski definition) is 8. The predicted molar refractivity (Wildman–Crippen MR) is 108 cm³/mol. The van der Waals surface area contributed by atoms with Crippen LogP contribution in [0.1, 0.15) is 10.5 Å². The lowest BCUT2D eigenvalue weighted by Crippen LogP contribution is -2.48. The molecule has 0 bridgehead atoms. The van der Waals surface area contributed by atoms with E-state index in [4.69, 9.17) is 9.07 Å². The molecule has 1 aliphatic rings. The van der Waals surface area contributed by atoms with Crippen molar-refractivity contribution in [3.05, 3.63) is 55.0 Å². The molecule has 147 valence electrons. The van der Waals surface area contributed by atoms with Gasteiger partial charge in [0.05, 0.1) is 29.4 Å². The summed E-state index contributed by atoms with van der Waals surface area (Å²) in [4.78, 5) is 29.8. The number of rotatable bonds is 6. The minimum absolute atomic E-state index is 0.269. The van der Waals surface area contributed by atoms with Crippen molar-refractivity contribution in [1.82, 2.24) is 19.8 Å². The maximum absolute atomic E-state index is 12.8. The van der Waals surface area contributed by atoms with Crippen LogP contribution in [0.2, 0.25) is 0 Å². The van der Waals surface area contributed by atoms with Crippen LogP contribution in [-0.2, 0) is 4.65 Å². The summed E-state index contributed by atoms with van der Waals surface area (Å²) < 4.78 is 10.1. The van der Waals surface area contributed by atoms with Crippen LogP contribution in [0.5, 0.6) is 0 Å². The second-order valence-corrected chi connectivity index (χ2v) is 6.49. The van der Waals surface area contributed by atoms with Gasteiger partial charge in [0.2, 0.25) is 0 Å². The Hall–Kier alpha value is -3.24. The lowest BCUT2D eigenvalue weighted by molar-refractivity contribution is 0.102. The van der Waals surface area contributed by atoms with Gasteiger partial charge in [0, 0.05) is 45.7 Å².